The molecule has 0 fully saturated rings. The Morgan fingerprint density at radius 1 is 1.43 bits per heavy atom. The van der Waals surface area contributed by atoms with Crippen LogP contribution < -0.4 is 0 Å². The molecule has 0 aliphatic carbocycles. The van der Waals surface area contributed by atoms with E-state index in [1.807, 2.05) is 13.0 Å². The van der Waals surface area contributed by atoms with Crippen LogP contribution in [0.3, 0.4) is 0 Å². The Balaban J connectivity index is 2.94. The van der Waals surface area contributed by atoms with Crippen molar-refractivity contribution in [1.82, 2.24) is 4.98 Å². The molecule has 0 amide bonds. The molecule has 0 unspecified atom stereocenters. The highest BCUT2D eigenvalue weighted by atomic mass is 79.9. The highest BCUT2D eigenvalue weighted by Crippen LogP contribution is 2.28. The van der Waals surface area contributed by atoms with Crippen molar-refractivity contribution in [1.29, 1.82) is 0 Å². The van der Waals surface area contributed by atoms with Gasteiger partial charge >= 0.3 is 0 Å². The second kappa shape index (κ2) is 3.48. The summed E-state index contributed by atoms with van der Waals surface area (Å²) < 4.78 is 14.2. The molecule has 0 saturated carbocycles. The van der Waals surface area contributed by atoms with Crippen LogP contribution in [0.2, 0.25) is 5.15 Å². The lowest BCUT2D eigenvalue weighted by molar-refractivity contribution is 0.636. The molecule has 0 N–H and O–H groups in total. The molecule has 1 heterocycles. The summed E-state index contributed by atoms with van der Waals surface area (Å²) in [6.45, 7) is 1.84. The first-order chi connectivity index (χ1) is 6.59. The maximum atomic E-state index is 13.3. The maximum absolute atomic E-state index is 13.3. The van der Waals surface area contributed by atoms with Crippen molar-refractivity contribution in [2.75, 3.05) is 0 Å². The molecule has 0 aliphatic rings. The topological polar surface area (TPSA) is 12.9 Å². The Kier molecular flexibility index (Phi) is 2.45. The van der Waals surface area contributed by atoms with Gasteiger partial charge in [-0.1, -0.05) is 27.5 Å². The lowest BCUT2D eigenvalue weighted by atomic mass is 10.2. The summed E-state index contributed by atoms with van der Waals surface area (Å²) in [4.78, 5) is 4.00. The van der Waals surface area contributed by atoms with Crippen molar-refractivity contribution in [3.8, 4) is 0 Å². The van der Waals surface area contributed by atoms with Crippen LogP contribution in [0.4, 0.5) is 4.39 Å². The second-order valence-corrected chi connectivity index (χ2v) is 4.23. The number of aryl methyl sites for hydroxylation is 1. The molecule has 0 atom stereocenters. The van der Waals surface area contributed by atoms with Crippen LogP contribution in [-0.4, -0.2) is 4.98 Å². The van der Waals surface area contributed by atoms with Crippen LogP contribution in [0.15, 0.2) is 22.7 Å². The Morgan fingerprint density at radius 2 is 2.14 bits per heavy atom. The number of halogens is 3. The fourth-order valence-electron chi connectivity index (χ4n) is 1.27. The minimum atomic E-state index is -0.356. The SMILES string of the molecule is Cc1cc2c(Br)ccc(F)c2nc1Cl. The van der Waals surface area contributed by atoms with Gasteiger partial charge in [-0.15, -0.1) is 0 Å². The van der Waals surface area contributed by atoms with Gasteiger partial charge in [0, 0.05) is 9.86 Å². The minimum absolute atomic E-state index is 0.301. The van der Waals surface area contributed by atoms with E-state index in [0.29, 0.717) is 10.7 Å². The standard InChI is InChI=1S/C10H6BrClFN/c1-5-4-6-7(11)2-3-8(13)9(6)14-10(5)12/h2-4H,1H3. The maximum Gasteiger partial charge on any atom is 0.149 e. The van der Waals surface area contributed by atoms with Crippen LogP contribution >= 0.6 is 27.5 Å². The van der Waals surface area contributed by atoms with E-state index in [-0.39, 0.29) is 5.82 Å². The quantitative estimate of drug-likeness (QED) is 0.659. The molecule has 4 heteroatoms. The molecule has 1 nitrogen and oxygen atoms in total. The van der Waals surface area contributed by atoms with E-state index in [0.717, 1.165) is 15.4 Å². The van der Waals surface area contributed by atoms with Crippen molar-refractivity contribution >= 4 is 38.4 Å². The predicted molar refractivity (Wildman–Crippen MR) is 59.1 cm³/mol. The molecule has 0 saturated heterocycles. The number of hydrogen-bond acceptors (Lipinski definition) is 1. The molecular formula is C10H6BrClFN. The summed E-state index contributed by atoms with van der Waals surface area (Å²) in [5.41, 5.74) is 1.14. The third kappa shape index (κ3) is 1.51. The van der Waals surface area contributed by atoms with E-state index in [1.165, 1.54) is 6.07 Å². The van der Waals surface area contributed by atoms with E-state index in [2.05, 4.69) is 20.9 Å². The highest BCUT2D eigenvalue weighted by Gasteiger charge is 2.08. The van der Waals surface area contributed by atoms with Gasteiger partial charge in [0.2, 0.25) is 0 Å². The molecule has 1 aromatic carbocycles. The Morgan fingerprint density at radius 3 is 2.86 bits per heavy atom. The van der Waals surface area contributed by atoms with Gasteiger partial charge in [0.1, 0.15) is 16.5 Å². The molecule has 0 spiro atoms. The van der Waals surface area contributed by atoms with Gasteiger partial charge in [0.15, 0.2) is 0 Å². The Bertz CT molecular complexity index is 466. The predicted octanol–water partition coefficient (Wildman–Crippen LogP) is 4.10. The second-order valence-electron chi connectivity index (χ2n) is 3.02. The average molecular weight is 275 g/mol. The van der Waals surface area contributed by atoms with E-state index in [4.69, 9.17) is 11.6 Å². The van der Waals surface area contributed by atoms with Crippen molar-refractivity contribution in [2.24, 2.45) is 0 Å². The summed E-state index contributed by atoms with van der Waals surface area (Å²) in [6, 6.07) is 4.84. The number of aromatic nitrogens is 1. The number of benzene rings is 1. The molecule has 0 bridgehead atoms. The fourth-order valence-corrected chi connectivity index (χ4v) is 1.84. The summed E-state index contributed by atoms with van der Waals surface area (Å²) >= 11 is 9.16. The third-order valence-electron chi connectivity index (χ3n) is 2.01. The van der Waals surface area contributed by atoms with Crippen LogP contribution in [0.25, 0.3) is 10.9 Å². The zero-order valence-corrected chi connectivity index (χ0v) is 9.66. The van der Waals surface area contributed by atoms with Gasteiger partial charge in [-0.05, 0) is 30.7 Å². The zero-order chi connectivity index (χ0) is 10.3. The van der Waals surface area contributed by atoms with Crippen LogP contribution in [-0.2, 0) is 0 Å². The number of fused-ring (bicyclic) bond motifs is 1. The molecule has 2 rings (SSSR count). The van der Waals surface area contributed by atoms with E-state index < -0.39 is 0 Å². The van der Waals surface area contributed by atoms with E-state index in [9.17, 15) is 4.39 Å². The van der Waals surface area contributed by atoms with Gasteiger partial charge in [-0.2, -0.15) is 0 Å². The van der Waals surface area contributed by atoms with Crippen molar-refractivity contribution in [2.45, 2.75) is 6.92 Å². The largest absolute Gasteiger partial charge is 0.233 e. The molecular weight excluding hydrogens is 268 g/mol. The van der Waals surface area contributed by atoms with Crippen LogP contribution in [0.5, 0.6) is 0 Å². The van der Waals surface area contributed by atoms with Gasteiger partial charge in [-0.25, -0.2) is 9.37 Å². The first-order valence-corrected chi connectivity index (χ1v) is 5.17. The number of rotatable bonds is 0. The summed E-state index contributed by atoms with van der Waals surface area (Å²) in [5.74, 6) is -0.356. The van der Waals surface area contributed by atoms with E-state index in [1.54, 1.807) is 6.07 Å². The lowest BCUT2D eigenvalue weighted by Crippen LogP contribution is -1.88. The molecule has 0 radical (unpaired) electrons. The number of pyridine rings is 1. The zero-order valence-electron chi connectivity index (χ0n) is 7.31. The van der Waals surface area contributed by atoms with Crippen molar-refractivity contribution < 1.29 is 4.39 Å². The molecule has 2 aromatic rings. The van der Waals surface area contributed by atoms with Gasteiger partial charge in [-0.3, -0.25) is 0 Å². The first kappa shape index (κ1) is 9.87. The van der Waals surface area contributed by atoms with Crippen molar-refractivity contribution in [3.05, 3.63) is 39.2 Å². The summed E-state index contributed by atoms with van der Waals surface area (Å²) in [7, 11) is 0. The number of nitrogens with zero attached hydrogens (tertiary/aromatic N) is 1. The van der Waals surface area contributed by atoms with Gasteiger partial charge in [0.25, 0.3) is 0 Å². The normalized spacial score (nSPS) is 10.9. The minimum Gasteiger partial charge on any atom is -0.233 e. The van der Waals surface area contributed by atoms with Gasteiger partial charge < -0.3 is 0 Å². The fraction of sp³-hybridized carbons (Fsp3) is 0.100. The summed E-state index contributed by atoms with van der Waals surface area (Å²) in [5, 5.41) is 1.08. The van der Waals surface area contributed by atoms with Gasteiger partial charge in [0.05, 0.1) is 0 Å². The molecule has 14 heavy (non-hydrogen) atoms. The first-order valence-electron chi connectivity index (χ1n) is 4.00. The van der Waals surface area contributed by atoms with Crippen molar-refractivity contribution in [3.63, 3.8) is 0 Å². The molecule has 72 valence electrons. The monoisotopic (exact) mass is 273 g/mol. The van der Waals surface area contributed by atoms with E-state index >= 15 is 0 Å². The summed E-state index contributed by atoms with van der Waals surface area (Å²) in [6.07, 6.45) is 0. The highest BCUT2D eigenvalue weighted by molar-refractivity contribution is 9.10. The lowest BCUT2D eigenvalue weighted by Gasteiger charge is -2.04. The third-order valence-corrected chi connectivity index (χ3v) is 3.08. The number of hydrogen-bond donors (Lipinski definition) is 0. The molecule has 1 aromatic heterocycles. The smallest absolute Gasteiger partial charge is 0.149 e. The van der Waals surface area contributed by atoms with Crippen LogP contribution in [0.1, 0.15) is 5.56 Å². The Labute approximate surface area is 94.0 Å². The Hall–Kier alpha value is -0.670. The average Bonchev–Trinajstić information content (AvgIpc) is 2.15. The molecule has 0 aliphatic heterocycles. The van der Waals surface area contributed by atoms with Crippen LogP contribution in [0, 0.1) is 12.7 Å².